The van der Waals surface area contributed by atoms with Gasteiger partial charge in [0, 0.05) is 45.2 Å². The summed E-state index contributed by atoms with van der Waals surface area (Å²) in [5.41, 5.74) is 1.81. The maximum Gasteiger partial charge on any atom is 0.316 e. The van der Waals surface area contributed by atoms with E-state index < -0.39 is 6.10 Å². The highest BCUT2D eigenvalue weighted by Gasteiger charge is 2.28. The van der Waals surface area contributed by atoms with Crippen molar-refractivity contribution in [3.63, 3.8) is 0 Å². The Labute approximate surface area is 153 Å². The van der Waals surface area contributed by atoms with Crippen molar-refractivity contribution in [2.24, 2.45) is 5.92 Å². The Bertz CT molecular complexity index is 717. The first-order chi connectivity index (χ1) is 12.5. The van der Waals surface area contributed by atoms with Gasteiger partial charge in [-0.15, -0.1) is 0 Å². The fourth-order valence-electron chi connectivity index (χ4n) is 3.13. The number of rotatable bonds is 5. The van der Waals surface area contributed by atoms with E-state index in [1.165, 1.54) is 4.90 Å². The first-order valence-corrected chi connectivity index (χ1v) is 8.88. The van der Waals surface area contributed by atoms with Crippen LogP contribution in [0.3, 0.4) is 0 Å². The van der Waals surface area contributed by atoms with Crippen LogP contribution < -0.4 is 5.32 Å². The Hall–Kier alpha value is -2.38. The number of hydrogen-bond donors (Lipinski definition) is 2. The minimum absolute atomic E-state index is 0.0762. The van der Waals surface area contributed by atoms with Crippen molar-refractivity contribution in [1.82, 2.24) is 20.1 Å². The number of aromatic nitrogens is 1. The molecule has 0 bridgehead atoms. The molecular formula is C19H26N4O3. The molecule has 1 aromatic carbocycles. The van der Waals surface area contributed by atoms with Crippen molar-refractivity contribution in [3.8, 4) is 11.5 Å². The zero-order valence-corrected chi connectivity index (χ0v) is 15.3. The molecule has 1 saturated heterocycles. The molecule has 3 rings (SSSR count). The molecule has 0 radical (unpaired) electrons. The van der Waals surface area contributed by atoms with Gasteiger partial charge in [-0.05, 0) is 25.1 Å². The zero-order valence-electron chi connectivity index (χ0n) is 15.3. The van der Waals surface area contributed by atoms with Crippen molar-refractivity contribution in [1.29, 1.82) is 0 Å². The van der Waals surface area contributed by atoms with E-state index in [9.17, 15) is 9.90 Å². The average Bonchev–Trinajstić information content (AvgIpc) is 3.10. The van der Waals surface area contributed by atoms with Gasteiger partial charge in [0.25, 0.3) is 0 Å². The molecule has 1 fully saturated rings. The van der Waals surface area contributed by atoms with Crippen LogP contribution in [0.5, 0.6) is 0 Å². The number of nitrogens with one attached hydrogen (secondary N) is 1. The van der Waals surface area contributed by atoms with Crippen LogP contribution in [0.2, 0.25) is 0 Å². The molecule has 2 amide bonds. The summed E-state index contributed by atoms with van der Waals surface area (Å²) in [7, 11) is 3.41. The summed E-state index contributed by atoms with van der Waals surface area (Å²) < 4.78 is 5.58. The van der Waals surface area contributed by atoms with Gasteiger partial charge in [-0.2, -0.15) is 0 Å². The van der Waals surface area contributed by atoms with Gasteiger partial charge in [-0.25, -0.2) is 9.78 Å². The molecular weight excluding hydrogens is 332 g/mol. The highest BCUT2D eigenvalue weighted by molar-refractivity contribution is 5.73. The zero-order chi connectivity index (χ0) is 18.5. The molecule has 2 aromatic rings. The maximum absolute atomic E-state index is 11.6. The number of aliphatic hydroxyl groups excluding tert-OH is 1. The summed E-state index contributed by atoms with van der Waals surface area (Å²) in [6, 6.07) is 9.67. The smallest absolute Gasteiger partial charge is 0.316 e. The van der Waals surface area contributed by atoms with Gasteiger partial charge >= 0.3 is 6.03 Å². The second kappa shape index (κ2) is 8.33. The number of oxazole rings is 1. The molecule has 2 atom stereocenters. The Morgan fingerprint density at radius 3 is 2.85 bits per heavy atom. The third-order valence-electron chi connectivity index (χ3n) is 4.69. The van der Waals surface area contributed by atoms with Crippen LogP contribution in [0, 0.1) is 5.92 Å². The molecule has 0 unspecified atom stereocenters. The van der Waals surface area contributed by atoms with E-state index in [2.05, 4.69) is 15.2 Å². The van der Waals surface area contributed by atoms with Crippen LogP contribution in [0.1, 0.15) is 12.1 Å². The maximum atomic E-state index is 11.6. The van der Waals surface area contributed by atoms with Gasteiger partial charge in [0.05, 0.1) is 11.8 Å². The number of aliphatic hydroxyl groups is 1. The van der Waals surface area contributed by atoms with E-state index in [1.54, 1.807) is 20.4 Å². The van der Waals surface area contributed by atoms with Crippen molar-refractivity contribution in [2.75, 3.05) is 33.7 Å². The number of urea groups is 1. The van der Waals surface area contributed by atoms with E-state index in [-0.39, 0.29) is 11.9 Å². The van der Waals surface area contributed by atoms with Crippen molar-refractivity contribution < 1.29 is 14.3 Å². The van der Waals surface area contributed by atoms with E-state index in [0.29, 0.717) is 25.5 Å². The molecule has 1 aliphatic rings. The van der Waals surface area contributed by atoms with Crippen molar-refractivity contribution in [2.45, 2.75) is 19.1 Å². The lowest BCUT2D eigenvalue weighted by molar-refractivity contribution is 0.0191. The van der Waals surface area contributed by atoms with Crippen LogP contribution in [-0.4, -0.2) is 65.8 Å². The summed E-state index contributed by atoms with van der Waals surface area (Å²) in [5, 5.41) is 13.3. The van der Waals surface area contributed by atoms with Crippen molar-refractivity contribution in [3.05, 3.63) is 42.3 Å². The average molecular weight is 358 g/mol. The van der Waals surface area contributed by atoms with E-state index in [4.69, 9.17) is 4.42 Å². The Balaban J connectivity index is 1.50. The van der Waals surface area contributed by atoms with Gasteiger partial charge in [0.15, 0.2) is 0 Å². The van der Waals surface area contributed by atoms with Crippen LogP contribution in [0.25, 0.3) is 11.5 Å². The number of benzene rings is 1. The fourth-order valence-corrected chi connectivity index (χ4v) is 3.13. The minimum atomic E-state index is -0.466. The molecule has 0 aliphatic carbocycles. The molecule has 0 spiro atoms. The molecule has 7 heteroatoms. The highest BCUT2D eigenvalue weighted by Crippen LogP contribution is 2.22. The lowest BCUT2D eigenvalue weighted by Gasteiger charge is -2.35. The van der Waals surface area contributed by atoms with Crippen LogP contribution in [0.15, 0.2) is 41.0 Å². The van der Waals surface area contributed by atoms with Crippen molar-refractivity contribution >= 4 is 6.03 Å². The van der Waals surface area contributed by atoms with E-state index in [0.717, 1.165) is 24.2 Å². The number of nitrogens with zero attached hydrogens (tertiary/aromatic N) is 3. The SMILES string of the molecule is CN(C)C(=O)NC[C@@H]1CCN(Cc2coc(-c3ccccc3)n2)C[C@H]1O. The number of carbonyl (C=O) groups is 1. The van der Waals surface area contributed by atoms with Crippen LogP contribution in [0.4, 0.5) is 4.79 Å². The van der Waals surface area contributed by atoms with E-state index in [1.807, 2.05) is 30.3 Å². The lowest BCUT2D eigenvalue weighted by atomic mass is 9.93. The first-order valence-electron chi connectivity index (χ1n) is 8.88. The summed E-state index contributed by atoms with van der Waals surface area (Å²) in [5.74, 6) is 0.690. The molecule has 1 aromatic heterocycles. The van der Waals surface area contributed by atoms with Gasteiger partial charge in [-0.3, -0.25) is 4.90 Å². The van der Waals surface area contributed by atoms with Gasteiger partial charge in [0.1, 0.15) is 6.26 Å². The summed E-state index contributed by atoms with van der Waals surface area (Å²) in [6.45, 7) is 2.56. The Kier molecular flexibility index (Phi) is 5.90. The fraction of sp³-hybridized carbons (Fsp3) is 0.474. The highest BCUT2D eigenvalue weighted by atomic mass is 16.3. The summed E-state index contributed by atoms with van der Waals surface area (Å²) in [4.78, 5) is 19.8. The molecule has 7 nitrogen and oxygen atoms in total. The summed E-state index contributed by atoms with van der Waals surface area (Å²) >= 11 is 0. The molecule has 0 saturated carbocycles. The quantitative estimate of drug-likeness (QED) is 0.852. The molecule has 2 N–H and O–H groups in total. The lowest BCUT2D eigenvalue weighted by Crippen LogP contribution is -2.48. The third-order valence-corrected chi connectivity index (χ3v) is 4.69. The van der Waals surface area contributed by atoms with Crippen LogP contribution >= 0.6 is 0 Å². The van der Waals surface area contributed by atoms with Gasteiger partial charge < -0.3 is 19.7 Å². The second-order valence-corrected chi connectivity index (χ2v) is 6.94. The molecule has 140 valence electrons. The second-order valence-electron chi connectivity index (χ2n) is 6.94. The number of hydrogen-bond acceptors (Lipinski definition) is 5. The third kappa shape index (κ3) is 4.62. The minimum Gasteiger partial charge on any atom is -0.444 e. The number of amides is 2. The predicted molar refractivity (Wildman–Crippen MR) is 98.4 cm³/mol. The normalized spacial score (nSPS) is 20.7. The Morgan fingerprint density at radius 1 is 1.38 bits per heavy atom. The molecule has 1 aliphatic heterocycles. The molecule has 2 heterocycles. The summed E-state index contributed by atoms with van der Waals surface area (Å²) in [6.07, 6.45) is 2.04. The Morgan fingerprint density at radius 2 is 2.15 bits per heavy atom. The van der Waals surface area contributed by atoms with Crippen LogP contribution in [-0.2, 0) is 6.54 Å². The monoisotopic (exact) mass is 358 g/mol. The van der Waals surface area contributed by atoms with E-state index >= 15 is 0 Å². The number of β-amino-alcohol motifs (C(OH)–C–C–N with tert-alkyl or cyclic N) is 1. The topological polar surface area (TPSA) is 81.8 Å². The predicted octanol–water partition coefficient (Wildman–Crippen LogP) is 1.80. The molecule has 26 heavy (non-hydrogen) atoms. The number of likely N-dealkylation sites (tertiary alicyclic amines) is 1. The van der Waals surface area contributed by atoms with Gasteiger partial charge in [0.2, 0.25) is 5.89 Å². The number of carbonyl (C=O) groups excluding carboxylic acids is 1. The largest absolute Gasteiger partial charge is 0.444 e. The standard InChI is InChI=1S/C19H26N4O3/c1-22(2)19(25)20-10-15-8-9-23(12-17(15)24)11-16-13-26-18(21-16)14-6-4-3-5-7-14/h3-7,13,15,17,24H,8-12H2,1-2H3,(H,20,25)/t15-,17+/m0/s1. The first kappa shape index (κ1) is 18.4. The number of piperidine rings is 1. The van der Waals surface area contributed by atoms with Gasteiger partial charge in [-0.1, -0.05) is 18.2 Å².